The lowest BCUT2D eigenvalue weighted by Crippen LogP contribution is -2.09. The summed E-state index contributed by atoms with van der Waals surface area (Å²) in [5.74, 6) is 0. The number of aromatic nitrogens is 1. The fourth-order valence-corrected chi connectivity index (χ4v) is 6.21. The third kappa shape index (κ3) is 4.05. The summed E-state index contributed by atoms with van der Waals surface area (Å²) in [7, 11) is 0. The Morgan fingerprint density at radius 1 is 0.381 bits per heavy atom. The van der Waals surface area contributed by atoms with Crippen LogP contribution in [-0.2, 0) is 0 Å². The Morgan fingerprint density at radius 3 is 1.64 bits per heavy atom. The summed E-state index contributed by atoms with van der Waals surface area (Å²) in [5, 5.41) is 4.99. The van der Waals surface area contributed by atoms with Crippen LogP contribution in [0.25, 0.3) is 49.4 Å². The largest absolute Gasteiger partial charge is 0.310 e. The van der Waals surface area contributed by atoms with E-state index >= 15 is 0 Å². The predicted molar refractivity (Wildman–Crippen MR) is 178 cm³/mol. The van der Waals surface area contributed by atoms with Crippen LogP contribution in [-0.4, -0.2) is 4.57 Å². The first-order chi connectivity index (χ1) is 20.8. The van der Waals surface area contributed by atoms with Crippen molar-refractivity contribution in [3.8, 4) is 16.8 Å². The summed E-state index contributed by atoms with van der Waals surface area (Å²) in [6.45, 7) is 0. The minimum atomic E-state index is 1.12. The van der Waals surface area contributed by atoms with E-state index < -0.39 is 0 Å². The Morgan fingerprint density at radius 2 is 0.952 bits per heavy atom. The highest BCUT2D eigenvalue weighted by Crippen LogP contribution is 2.41. The first-order valence-corrected chi connectivity index (χ1v) is 14.4. The summed E-state index contributed by atoms with van der Waals surface area (Å²) in [6, 6.07) is 60.9. The van der Waals surface area contributed by atoms with Crippen molar-refractivity contribution in [2.45, 2.75) is 0 Å². The quantitative estimate of drug-likeness (QED) is 0.212. The molecule has 0 bridgehead atoms. The summed E-state index contributed by atoms with van der Waals surface area (Å²) >= 11 is 0. The first kappa shape index (κ1) is 24.2. The van der Waals surface area contributed by atoms with Gasteiger partial charge in [-0.3, -0.25) is 0 Å². The van der Waals surface area contributed by atoms with E-state index in [9.17, 15) is 0 Å². The molecule has 0 aliphatic carbocycles. The highest BCUT2D eigenvalue weighted by Gasteiger charge is 2.18. The lowest BCUT2D eigenvalue weighted by atomic mass is 10.0. The van der Waals surface area contributed by atoms with Gasteiger partial charge in [0.15, 0.2) is 0 Å². The normalized spacial score (nSPS) is 11.3. The fraction of sp³-hybridized carbons (Fsp3) is 0. The highest BCUT2D eigenvalue weighted by molar-refractivity contribution is 6.19. The highest BCUT2D eigenvalue weighted by atomic mass is 15.1. The summed E-state index contributed by atoms with van der Waals surface area (Å²) in [5.41, 5.74) is 9.38. The molecule has 8 aromatic rings. The number of rotatable bonds is 5. The van der Waals surface area contributed by atoms with E-state index in [2.05, 4.69) is 179 Å². The minimum Gasteiger partial charge on any atom is -0.310 e. The molecule has 0 spiro atoms. The molecule has 2 nitrogen and oxygen atoms in total. The van der Waals surface area contributed by atoms with Crippen LogP contribution in [0.15, 0.2) is 170 Å². The van der Waals surface area contributed by atoms with Crippen LogP contribution in [0.4, 0.5) is 17.1 Å². The van der Waals surface area contributed by atoms with Crippen LogP contribution in [0.1, 0.15) is 0 Å². The number of nitrogens with zero attached hydrogens (tertiary/aromatic N) is 2. The van der Waals surface area contributed by atoms with E-state index in [1.54, 1.807) is 0 Å². The summed E-state index contributed by atoms with van der Waals surface area (Å²) in [6.07, 6.45) is 0. The van der Waals surface area contributed by atoms with Gasteiger partial charge in [0.25, 0.3) is 0 Å². The average molecular weight is 537 g/mol. The molecular formula is C40H28N2. The molecule has 198 valence electrons. The zero-order chi connectivity index (χ0) is 27.9. The molecule has 0 saturated carbocycles. The summed E-state index contributed by atoms with van der Waals surface area (Å²) in [4.78, 5) is 2.33. The lowest BCUT2D eigenvalue weighted by Gasteiger charge is -2.25. The van der Waals surface area contributed by atoms with Crippen molar-refractivity contribution >= 4 is 49.6 Å². The number of hydrogen-bond acceptors (Lipinski definition) is 1. The molecule has 0 unspecified atom stereocenters. The van der Waals surface area contributed by atoms with E-state index in [0.717, 1.165) is 22.7 Å². The second-order valence-electron chi connectivity index (χ2n) is 10.6. The molecule has 1 heterocycles. The van der Waals surface area contributed by atoms with E-state index in [1.165, 1.54) is 43.7 Å². The number of anilines is 3. The lowest BCUT2D eigenvalue weighted by molar-refractivity contribution is 1.18. The van der Waals surface area contributed by atoms with Crippen molar-refractivity contribution in [3.63, 3.8) is 0 Å². The van der Waals surface area contributed by atoms with Crippen molar-refractivity contribution in [1.82, 2.24) is 4.57 Å². The zero-order valence-electron chi connectivity index (χ0n) is 23.1. The van der Waals surface area contributed by atoms with Crippen molar-refractivity contribution in [2.24, 2.45) is 0 Å². The van der Waals surface area contributed by atoms with E-state index in [-0.39, 0.29) is 0 Å². The molecule has 42 heavy (non-hydrogen) atoms. The third-order valence-electron chi connectivity index (χ3n) is 8.16. The van der Waals surface area contributed by atoms with Gasteiger partial charge in [-0.25, -0.2) is 0 Å². The number of fused-ring (bicyclic) bond motifs is 5. The molecule has 0 N–H and O–H groups in total. The van der Waals surface area contributed by atoms with Crippen LogP contribution in [0.2, 0.25) is 0 Å². The number of hydrogen-bond donors (Lipinski definition) is 0. The summed E-state index contributed by atoms with van der Waals surface area (Å²) < 4.78 is 2.44. The third-order valence-corrected chi connectivity index (χ3v) is 8.16. The van der Waals surface area contributed by atoms with Crippen LogP contribution >= 0.6 is 0 Å². The molecule has 0 fully saturated rings. The molecule has 8 rings (SSSR count). The predicted octanol–water partition coefficient (Wildman–Crippen LogP) is 11.1. The topological polar surface area (TPSA) is 8.17 Å². The molecule has 0 amide bonds. The second-order valence-corrected chi connectivity index (χ2v) is 10.6. The van der Waals surface area contributed by atoms with Gasteiger partial charge in [0.1, 0.15) is 0 Å². The average Bonchev–Trinajstić information content (AvgIpc) is 3.41. The zero-order valence-corrected chi connectivity index (χ0v) is 23.1. The molecule has 0 atom stereocenters. The van der Waals surface area contributed by atoms with E-state index in [1.807, 2.05) is 0 Å². The van der Waals surface area contributed by atoms with Crippen LogP contribution in [0.5, 0.6) is 0 Å². The Balaban J connectivity index is 1.40. The first-order valence-electron chi connectivity index (χ1n) is 14.4. The van der Waals surface area contributed by atoms with Gasteiger partial charge in [0.2, 0.25) is 0 Å². The molecule has 0 radical (unpaired) electrons. The second kappa shape index (κ2) is 10.1. The van der Waals surface area contributed by atoms with E-state index in [4.69, 9.17) is 0 Å². The molecular weight excluding hydrogens is 508 g/mol. The molecule has 1 aromatic heterocycles. The Hall–Kier alpha value is -5.60. The van der Waals surface area contributed by atoms with Gasteiger partial charge in [-0.1, -0.05) is 121 Å². The fourth-order valence-electron chi connectivity index (χ4n) is 6.21. The van der Waals surface area contributed by atoms with E-state index in [0.29, 0.717) is 0 Å². The Labute approximate surface area is 245 Å². The van der Waals surface area contributed by atoms with Gasteiger partial charge in [-0.15, -0.1) is 0 Å². The molecule has 0 aliphatic heterocycles. The maximum absolute atomic E-state index is 2.44. The van der Waals surface area contributed by atoms with Gasteiger partial charge in [0, 0.05) is 38.9 Å². The van der Waals surface area contributed by atoms with Crippen molar-refractivity contribution in [3.05, 3.63) is 170 Å². The van der Waals surface area contributed by atoms with Gasteiger partial charge in [-0.2, -0.15) is 0 Å². The van der Waals surface area contributed by atoms with Gasteiger partial charge in [-0.05, 0) is 65.0 Å². The van der Waals surface area contributed by atoms with Gasteiger partial charge < -0.3 is 9.47 Å². The SMILES string of the molecule is c1ccc(-c2ccc(-n3c4cc(N(c5ccccc5)c5ccccc5)ccc4c4ccc5ccccc5c43)cc2)cc1. The van der Waals surface area contributed by atoms with Crippen LogP contribution < -0.4 is 4.90 Å². The minimum absolute atomic E-state index is 1.12. The monoisotopic (exact) mass is 536 g/mol. The van der Waals surface area contributed by atoms with Gasteiger partial charge >= 0.3 is 0 Å². The van der Waals surface area contributed by atoms with Crippen molar-refractivity contribution < 1.29 is 0 Å². The molecule has 0 aliphatic rings. The molecule has 0 saturated heterocycles. The molecule has 2 heteroatoms. The maximum Gasteiger partial charge on any atom is 0.0619 e. The number of para-hydroxylation sites is 2. The smallest absolute Gasteiger partial charge is 0.0619 e. The van der Waals surface area contributed by atoms with Crippen molar-refractivity contribution in [1.29, 1.82) is 0 Å². The van der Waals surface area contributed by atoms with Crippen LogP contribution in [0.3, 0.4) is 0 Å². The Bertz CT molecular complexity index is 2120. The Kier molecular flexibility index (Phi) is 5.82. The van der Waals surface area contributed by atoms with Crippen molar-refractivity contribution in [2.75, 3.05) is 4.90 Å². The maximum atomic E-state index is 2.44. The standard InChI is InChI=1S/C40H28N2/c1-4-12-29(13-5-1)30-20-23-34(24-21-30)42-39-28-35(41(32-15-6-2-7-16-32)33-17-8-3-9-18-33)25-27-37(39)38-26-22-31-14-10-11-19-36(31)40(38)42/h1-28H. The number of benzene rings is 7. The van der Waals surface area contributed by atoms with Gasteiger partial charge in [0.05, 0.1) is 11.0 Å². The molecule has 7 aromatic carbocycles. The van der Waals surface area contributed by atoms with Crippen LogP contribution in [0, 0.1) is 0 Å².